The second kappa shape index (κ2) is 4.63. The number of rotatable bonds is 1. The van der Waals surface area contributed by atoms with Crippen LogP contribution < -0.4 is 0 Å². The van der Waals surface area contributed by atoms with E-state index >= 15 is 0 Å². The van der Waals surface area contributed by atoms with Crippen molar-refractivity contribution < 1.29 is 5.11 Å². The van der Waals surface area contributed by atoms with Crippen molar-refractivity contribution in [3.63, 3.8) is 0 Å². The minimum Gasteiger partial charge on any atom is -0.393 e. The number of aliphatic hydroxyl groups excluding tert-OH is 1. The molecule has 0 saturated carbocycles. The highest BCUT2D eigenvalue weighted by Crippen LogP contribution is 2.31. The molecule has 1 aromatic rings. The molecule has 1 aliphatic carbocycles. The molecule has 2 unspecified atom stereocenters. The molecule has 0 spiro atoms. The molecule has 2 rings (SSSR count). The lowest BCUT2D eigenvalue weighted by molar-refractivity contribution is 0.132. The van der Waals surface area contributed by atoms with Gasteiger partial charge in [0.05, 0.1) is 6.10 Å². The van der Waals surface area contributed by atoms with Crippen LogP contribution in [-0.4, -0.2) is 11.2 Å². The molecule has 0 heterocycles. The summed E-state index contributed by atoms with van der Waals surface area (Å²) in [5, 5.41) is 9.95. The number of allylic oxidation sites excluding steroid dienone is 1. The predicted octanol–water partition coefficient (Wildman–Crippen LogP) is 3.25. The first kappa shape index (κ1) is 10.4. The van der Waals surface area contributed by atoms with Gasteiger partial charge in [0.2, 0.25) is 0 Å². The van der Waals surface area contributed by atoms with Gasteiger partial charge in [-0.3, -0.25) is 0 Å². The molecule has 0 amide bonds. The van der Waals surface area contributed by atoms with Crippen LogP contribution in [0.2, 0.25) is 0 Å². The highest BCUT2D eigenvalue weighted by Gasteiger charge is 2.21. The highest BCUT2D eigenvalue weighted by molar-refractivity contribution is 5.67. The summed E-state index contributed by atoms with van der Waals surface area (Å²) in [6.07, 6.45) is 5.22. The zero-order valence-corrected chi connectivity index (χ0v) is 9.19. The summed E-state index contributed by atoms with van der Waals surface area (Å²) < 4.78 is 0. The summed E-state index contributed by atoms with van der Waals surface area (Å²) in [4.78, 5) is 0. The third-order valence-corrected chi connectivity index (χ3v) is 3.24. The fourth-order valence-corrected chi connectivity index (χ4v) is 2.24. The van der Waals surface area contributed by atoms with Gasteiger partial charge in [-0.2, -0.15) is 0 Å². The molecule has 0 fully saturated rings. The van der Waals surface area contributed by atoms with Gasteiger partial charge in [-0.15, -0.1) is 0 Å². The Morgan fingerprint density at radius 1 is 1.20 bits per heavy atom. The summed E-state index contributed by atoms with van der Waals surface area (Å²) in [6.45, 7) is 2.12. The second-order valence-electron chi connectivity index (χ2n) is 4.31. The molecular formula is C14H18O. The average Bonchev–Trinajstić information content (AvgIpc) is 2.44. The quantitative estimate of drug-likeness (QED) is 0.741. The molecular weight excluding hydrogens is 184 g/mol. The molecule has 0 aromatic heterocycles. The van der Waals surface area contributed by atoms with Crippen molar-refractivity contribution in [2.45, 2.75) is 32.3 Å². The lowest BCUT2D eigenvalue weighted by atomic mass is 9.90. The topological polar surface area (TPSA) is 20.2 Å². The maximum Gasteiger partial charge on any atom is 0.0606 e. The van der Waals surface area contributed by atoms with Crippen LogP contribution in [-0.2, 0) is 0 Å². The summed E-state index contributed by atoms with van der Waals surface area (Å²) in [5.74, 6) is 0.259. The molecule has 1 aromatic carbocycles. The van der Waals surface area contributed by atoms with Crippen LogP contribution in [0.5, 0.6) is 0 Å². The van der Waals surface area contributed by atoms with Crippen LogP contribution in [0.1, 0.15) is 31.7 Å². The standard InChI is InChI=1S/C14H18O/c1-11-13(9-5-6-10-14(11)15)12-7-3-2-4-8-12/h2-4,7-9,11,14-15H,5-6,10H2,1H3. The minimum absolute atomic E-state index is 0.182. The van der Waals surface area contributed by atoms with Gasteiger partial charge in [-0.1, -0.05) is 43.3 Å². The van der Waals surface area contributed by atoms with E-state index in [0.717, 1.165) is 19.3 Å². The van der Waals surface area contributed by atoms with E-state index in [9.17, 15) is 5.11 Å². The Morgan fingerprint density at radius 2 is 1.93 bits per heavy atom. The van der Waals surface area contributed by atoms with E-state index in [1.807, 2.05) is 6.07 Å². The van der Waals surface area contributed by atoms with Gasteiger partial charge in [0.1, 0.15) is 0 Å². The third-order valence-electron chi connectivity index (χ3n) is 3.24. The molecule has 1 nitrogen and oxygen atoms in total. The first-order valence-corrected chi connectivity index (χ1v) is 5.72. The van der Waals surface area contributed by atoms with Crippen molar-refractivity contribution in [3.8, 4) is 0 Å². The van der Waals surface area contributed by atoms with E-state index in [-0.39, 0.29) is 12.0 Å². The minimum atomic E-state index is -0.182. The Balaban J connectivity index is 2.30. The first-order chi connectivity index (χ1) is 7.29. The summed E-state index contributed by atoms with van der Waals surface area (Å²) >= 11 is 0. The normalized spacial score (nSPS) is 26.9. The molecule has 2 atom stereocenters. The molecule has 0 bridgehead atoms. The summed E-state index contributed by atoms with van der Waals surface area (Å²) in [7, 11) is 0. The number of aliphatic hydroxyl groups is 1. The maximum atomic E-state index is 9.95. The Hall–Kier alpha value is -1.08. The zero-order chi connectivity index (χ0) is 10.7. The van der Waals surface area contributed by atoms with E-state index in [4.69, 9.17) is 0 Å². The van der Waals surface area contributed by atoms with Gasteiger partial charge in [0.15, 0.2) is 0 Å². The highest BCUT2D eigenvalue weighted by atomic mass is 16.3. The van der Waals surface area contributed by atoms with Gasteiger partial charge >= 0.3 is 0 Å². The van der Waals surface area contributed by atoms with Crippen LogP contribution in [0.15, 0.2) is 36.4 Å². The Labute approximate surface area is 91.4 Å². The average molecular weight is 202 g/mol. The maximum absolute atomic E-state index is 9.95. The van der Waals surface area contributed by atoms with Gasteiger partial charge in [0.25, 0.3) is 0 Å². The number of benzene rings is 1. The number of hydrogen-bond acceptors (Lipinski definition) is 1. The molecule has 1 aliphatic rings. The second-order valence-corrected chi connectivity index (χ2v) is 4.31. The Kier molecular flexibility index (Phi) is 3.22. The van der Waals surface area contributed by atoms with E-state index in [2.05, 4.69) is 37.3 Å². The van der Waals surface area contributed by atoms with Crippen LogP contribution in [0, 0.1) is 5.92 Å². The van der Waals surface area contributed by atoms with Gasteiger partial charge in [0, 0.05) is 5.92 Å². The van der Waals surface area contributed by atoms with Gasteiger partial charge < -0.3 is 5.11 Å². The van der Waals surface area contributed by atoms with Crippen LogP contribution in [0.25, 0.3) is 5.57 Å². The van der Waals surface area contributed by atoms with Crippen molar-refractivity contribution >= 4 is 5.57 Å². The van der Waals surface area contributed by atoms with E-state index < -0.39 is 0 Å². The van der Waals surface area contributed by atoms with E-state index in [1.54, 1.807) is 0 Å². The van der Waals surface area contributed by atoms with Crippen molar-refractivity contribution in [3.05, 3.63) is 42.0 Å². The van der Waals surface area contributed by atoms with Crippen molar-refractivity contribution in [1.29, 1.82) is 0 Å². The molecule has 1 N–H and O–H groups in total. The monoisotopic (exact) mass is 202 g/mol. The van der Waals surface area contributed by atoms with Crippen LogP contribution in [0.4, 0.5) is 0 Å². The summed E-state index contributed by atoms with van der Waals surface area (Å²) in [5.41, 5.74) is 2.56. The summed E-state index contributed by atoms with van der Waals surface area (Å²) in [6, 6.07) is 10.4. The lowest BCUT2D eigenvalue weighted by Gasteiger charge is -2.19. The van der Waals surface area contributed by atoms with Crippen LogP contribution in [0.3, 0.4) is 0 Å². The SMILES string of the molecule is CC1C(c2ccccc2)=CCCCC1O. The van der Waals surface area contributed by atoms with Crippen molar-refractivity contribution in [1.82, 2.24) is 0 Å². The molecule has 1 heteroatoms. The number of hydrogen-bond donors (Lipinski definition) is 1. The first-order valence-electron chi connectivity index (χ1n) is 5.72. The molecule has 0 aliphatic heterocycles. The largest absolute Gasteiger partial charge is 0.393 e. The van der Waals surface area contributed by atoms with Crippen LogP contribution >= 0.6 is 0 Å². The van der Waals surface area contributed by atoms with Gasteiger partial charge in [-0.25, -0.2) is 0 Å². The Morgan fingerprint density at radius 3 is 2.67 bits per heavy atom. The molecule has 0 saturated heterocycles. The fraction of sp³-hybridized carbons (Fsp3) is 0.429. The smallest absolute Gasteiger partial charge is 0.0606 e. The fourth-order valence-electron chi connectivity index (χ4n) is 2.24. The predicted molar refractivity (Wildman–Crippen MR) is 63.4 cm³/mol. The molecule has 15 heavy (non-hydrogen) atoms. The zero-order valence-electron chi connectivity index (χ0n) is 9.19. The third kappa shape index (κ3) is 2.29. The Bertz CT molecular complexity index is 340. The van der Waals surface area contributed by atoms with E-state index in [1.165, 1.54) is 11.1 Å². The molecule has 80 valence electrons. The van der Waals surface area contributed by atoms with E-state index in [0.29, 0.717) is 0 Å². The van der Waals surface area contributed by atoms with Crippen molar-refractivity contribution in [2.75, 3.05) is 0 Å². The molecule has 0 radical (unpaired) electrons. The lowest BCUT2D eigenvalue weighted by Crippen LogP contribution is -2.17. The van der Waals surface area contributed by atoms with Crippen molar-refractivity contribution in [2.24, 2.45) is 5.92 Å². The van der Waals surface area contributed by atoms with Gasteiger partial charge in [-0.05, 0) is 30.4 Å².